The minimum Gasteiger partial charge on any atom is -0.392 e. The highest BCUT2D eigenvalue weighted by Crippen LogP contribution is 2.19. The molecule has 0 aliphatic carbocycles. The van der Waals surface area contributed by atoms with Crippen molar-refractivity contribution in [3.8, 4) is 11.5 Å². The lowest BCUT2D eigenvalue weighted by Crippen LogP contribution is -2.25. The van der Waals surface area contributed by atoms with Crippen LogP contribution in [0.4, 0.5) is 0 Å². The molecule has 0 amide bonds. The van der Waals surface area contributed by atoms with Crippen molar-refractivity contribution in [1.29, 1.82) is 0 Å². The van der Waals surface area contributed by atoms with Gasteiger partial charge in [0.05, 0.1) is 6.10 Å². The summed E-state index contributed by atoms with van der Waals surface area (Å²) in [5.74, 6) is 3.92. The number of hydrogen-bond acceptors (Lipinski definition) is 1. The molecule has 0 rings (SSSR count). The van der Waals surface area contributed by atoms with Gasteiger partial charge in [-0.1, -0.05) is 53.3 Å². The molecule has 0 spiro atoms. The third-order valence-corrected chi connectivity index (χ3v) is 3.49. The van der Waals surface area contributed by atoms with Gasteiger partial charge in [0.15, 0.2) is 0 Å². The Labute approximate surface area is 103 Å². The summed E-state index contributed by atoms with van der Waals surface area (Å²) in [5.41, 5.74) is 3.39. The highest BCUT2D eigenvalue weighted by atomic mass is 28.3. The highest BCUT2D eigenvalue weighted by molar-refractivity contribution is 6.83. The molecule has 0 unspecified atom stereocenters. The Morgan fingerprint density at radius 2 is 1.75 bits per heavy atom. The van der Waals surface area contributed by atoms with Crippen LogP contribution >= 0.6 is 0 Å². The lowest BCUT2D eigenvalue weighted by Gasteiger charge is -2.22. The maximum absolute atomic E-state index is 10.1. The van der Waals surface area contributed by atoms with Crippen molar-refractivity contribution in [2.24, 2.45) is 11.8 Å². The number of hydrogen-bond donors (Lipinski definition) is 1. The molecule has 16 heavy (non-hydrogen) atoms. The first-order chi connectivity index (χ1) is 7.28. The SMILES string of the molecule is CCCC[C@@H](O)[C@H](C#C[Si](C)(C)C)C(C)C. The third kappa shape index (κ3) is 7.08. The van der Waals surface area contributed by atoms with Crippen molar-refractivity contribution in [2.75, 3.05) is 0 Å². The van der Waals surface area contributed by atoms with E-state index in [1.807, 2.05) is 0 Å². The molecule has 0 bridgehead atoms. The van der Waals surface area contributed by atoms with Gasteiger partial charge >= 0.3 is 0 Å². The number of aliphatic hydroxyl groups is 1. The molecule has 2 atom stereocenters. The molecule has 0 fully saturated rings. The molecule has 0 aromatic carbocycles. The van der Waals surface area contributed by atoms with Gasteiger partial charge in [-0.3, -0.25) is 0 Å². The lowest BCUT2D eigenvalue weighted by molar-refractivity contribution is 0.101. The van der Waals surface area contributed by atoms with Crippen molar-refractivity contribution in [2.45, 2.75) is 65.8 Å². The monoisotopic (exact) mass is 240 g/mol. The van der Waals surface area contributed by atoms with Crippen molar-refractivity contribution in [1.82, 2.24) is 0 Å². The van der Waals surface area contributed by atoms with Gasteiger partial charge < -0.3 is 5.11 Å². The first-order valence-corrected chi connectivity index (χ1v) is 9.98. The van der Waals surface area contributed by atoms with Gasteiger partial charge in [-0.15, -0.1) is 11.5 Å². The van der Waals surface area contributed by atoms with Gasteiger partial charge in [-0.05, 0) is 12.3 Å². The van der Waals surface area contributed by atoms with Crippen LogP contribution in [0.15, 0.2) is 0 Å². The van der Waals surface area contributed by atoms with Crippen molar-refractivity contribution in [3.05, 3.63) is 0 Å². The van der Waals surface area contributed by atoms with Gasteiger partial charge in [0.2, 0.25) is 0 Å². The Hall–Kier alpha value is -0.263. The molecular weight excluding hydrogens is 212 g/mol. The predicted octanol–water partition coefficient (Wildman–Crippen LogP) is 3.69. The minimum atomic E-state index is -1.32. The largest absolute Gasteiger partial charge is 0.392 e. The van der Waals surface area contributed by atoms with Gasteiger partial charge in [0.25, 0.3) is 0 Å². The highest BCUT2D eigenvalue weighted by Gasteiger charge is 2.20. The van der Waals surface area contributed by atoms with Crippen LogP contribution in [0.2, 0.25) is 19.6 Å². The average Bonchev–Trinajstić information content (AvgIpc) is 2.12. The molecule has 0 aliphatic rings. The van der Waals surface area contributed by atoms with Crippen LogP contribution in [0.25, 0.3) is 0 Å². The van der Waals surface area contributed by atoms with Crippen LogP contribution in [-0.4, -0.2) is 19.3 Å². The Kier molecular flexibility index (Phi) is 7.02. The second-order valence-electron chi connectivity index (χ2n) is 6.00. The second kappa shape index (κ2) is 7.14. The molecule has 1 nitrogen and oxygen atoms in total. The quantitative estimate of drug-likeness (QED) is 0.574. The van der Waals surface area contributed by atoms with Crippen LogP contribution in [0.1, 0.15) is 40.0 Å². The summed E-state index contributed by atoms with van der Waals surface area (Å²) in [5, 5.41) is 10.1. The molecule has 0 aromatic rings. The van der Waals surface area contributed by atoms with E-state index in [-0.39, 0.29) is 12.0 Å². The molecule has 0 heterocycles. The van der Waals surface area contributed by atoms with Crippen molar-refractivity contribution >= 4 is 8.07 Å². The van der Waals surface area contributed by atoms with Crippen LogP contribution in [0.5, 0.6) is 0 Å². The Balaban J connectivity index is 4.54. The zero-order chi connectivity index (χ0) is 12.8. The number of aliphatic hydroxyl groups excluding tert-OH is 1. The summed E-state index contributed by atoms with van der Waals surface area (Å²) >= 11 is 0. The Morgan fingerprint density at radius 1 is 1.19 bits per heavy atom. The van der Waals surface area contributed by atoms with Gasteiger partial charge in [-0.2, -0.15) is 0 Å². The summed E-state index contributed by atoms with van der Waals surface area (Å²) in [6.07, 6.45) is 2.88. The molecule has 0 aromatic heterocycles. The molecule has 0 aliphatic heterocycles. The van der Waals surface area contributed by atoms with Crippen LogP contribution in [0, 0.1) is 23.3 Å². The van der Waals surface area contributed by atoms with Crippen LogP contribution < -0.4 is 0 Å². The lowest BCUT2D eigenvalue weighted by atomic mass is 9.88. The maximum Gasteiger partial charge on any atom is 0.129 e. The van der Waals surface area contributed by atoms with E-state index in [9.17, 15) is 5.11 Å². The molecular formula is C14H28OSi. The number of unbranched alkanes of at least 4 members (excludes halogenated alkanes) is 1. The Bertz CT molecular complexity index is 242. The molecule has 1 N–H and O–H groups in total. The molecule has 0 saturated carbocycles. The zero-order valence-corrected chi connectivity index (χ0v) is 12.8. The van der Waals surface area contributed by atoms with Gasteiger partial charge in [0.1, 0.15) is 8.07 Å². The fourth-order valence-electron chi connectivity index (χ4n) is 1.60. The fraction of sp³-hybridized carbons (Fsp3) is 0.857. The van der Waals surface area contributed by atoms with E-state index < -0.39 is 8.07 Å². The predicted molar refractivity (Wildman–Crippen MR) is 75.0 cm³/mol. The summed E-state index contributed by atoms with van der Waals surface area (Å²) in [6.45, 7) is 13.2. The minimum absolute atomic E-state index is 0.151. The van der Waals surface area contributed by atoms with E-state index in [0.29, 0.717) is 5.92 Å². The van der Waals surface area contributed by atoms with Gasteiger partial charge in [0, 0.05) is 5.92 Å². The van der Waals surface area contributed by atoms with Crippen molar-refractivity contribution in [3.63, 3.8) is 0 Å². The van der Waals surface area contributed by atoms with E-state index in [4.69, 9.17) is 0 Å². The smallest absolute Gasteiger partial charge is 0.129 e. The second-order valence-corrected chi connectivity index (χ2v) is 10.7. The van der Waals surface area contributed by atoms with E-state index in [1.54, 1.807) is 0 Å². The van der Waals surface area contributed by atoms with Crippen molar-refractivity contribution < 1.29 is 5.11 Å². The first kappa shape index (κ1) is 15.7. The number of rotatable bonds is 5. The summed E-state index contributed by atoms with van der Waals surface area (Å²) in [4.78, 5) is 0. The average molecular weight is 240 g/mol. The van der Waals surface area contributed by atoms with E-state index in [0.717, 1.165) is 19.3 Å². The maximum atomic E-state index is 10.1. The van der Waals surface area contributed by atoms with Crippen LogP contribution in [-0.2, 0) is 0 Å². The molecule has 0 saturated heterocycles. The topological polar surface area (TPSA) is 20.2 Å². The normalized spacial score (nSPS) is 15.5. The fourth-order valence-corrected chi connectivity index (χ4v) is 2.20. The van der Waals surface area contributed by atoms with E-state index in [1.165, 1.54) is 0 Å². The Morgan fingerprint density at radius 3 is 2.12 bits per heavy atom. The summed E-state index contributed by atoms with van der Waals surface area (Å²) in [6, 6.07) is 0. The van der Waals surface area contributed by atoms with Gasteiger partial charge in [-0.25, -0.2) is 0 Å². The molecule has 94 valence electrons. The zero-order valence-electron chi connectivity index (χ0n) is 11.8. The van der Waals surface area contributed by atoms with Crippen LogP contribution in [0.3, 0.4) is 0 Å². The first-order valence-electron chi connectivity index (χ1n) is 6.48. The van der Waals surface area contributed by atoms with E-state index in [2.05, 4.69) is 51.9 Å². The van der Waals surface area contributed by atoms with E-state index >= 15 is 0 Å². The molecule has 0 radical (unpaired) electrons. The summed E-state index contributed by atoms with van der Waals surface area (Å²) < 4.78 is 0. The third-order valence-electron chi connectivity index (χ3n) is 2.60. The standard InChI is InChI=1S/C14H28OSi/c1-7-8-9-14(15)13(12(2)3)10-11-16(4,5)6/h12-15H,7-9H2,1-6H3/t13-,14-/m1/s1. The molecule has 2 heteroatoms. The summed E-state index contributed by atoms with van der Waals surface area (Å²) in [7, 11) is -1.32.